The molecule has 0 saturated heterocycles. The fourth-order valence-corrected chi connectivity index (χ4v) is 3.27. The summed E-state index contributed by atoms with van der Waals surface area (Å²) in [5, 5.41) is 8.65. The lowest BCUT2D eigenvalue weighted by Gasteiger charge is -2.10. The highest BCUT2D eigenvalue weighted by atomic mass is 35.5. The number of benzene rings is 1. The van der Waals surface area contributed by atoms with Crippen molar-refractivity contribution in [1.82, 2.24) is 25.1 Å². The average molecular weight is 328 g/mol. The van der Waals surface area contributed by atoms with Gasteiger partial charge in [0, 0.05) is 35.8 Å². The molecule has 0 amide bonds. The summed E-state index contributed by atoms with van der Waals surface area (Å²) in [5.74, 6) is 0.873. The van der Waals surface area contributed by atoms with Crippen molar-refractivity contribution in [3.8, 4) is 17.1 Å². The molecule has 0 radical (unpaired) electrons. The first kappa shape index (κ1) is 14.5. The van der Waals surface area contributed by atoms with E-state index in [2.05, 4.69) is 21.5 Å². The maximum Gasteiger partial charge on any atom is 0.140 e. The summed E-state index contributed by atoms with van der Waals surface area (Å²) in [6.45, 7) is 5.85. The molecule has 2 N–H and O–H groups in total. The van der Waals surface area contributed by atoms with E-state index in [1.165, 1.54) is 5.69 Å². The highest BCUT2D eigenvalue weighted by Crippen LogP contribution is 2.29. The van der Waals surface area contributed by atoms with Crippen LogP contribution in [0.1, 0.15) is 22.8 Å². The lowest BCUT2D eigenvalue weighted by atomic mass is 10.1. The summed E-state index contributed by atoms with van der Waals surface area (Å²) in [7, 11) is 0. The van der Waals surface area contributed by atoms with Gasteiger partial charge in [0.15, 0.2) is 0 Å². The number of fused-ring (bicyclic) bond motifs is 1. The molecular formula is C17H18ClN5. The number of imidazole rings is 1. The molecule has 1 aliphatic rings. The summed E-state index contributed by atoms with van der Waals surface area (Å²) in [6, 6.07) is 7.90. The third kappa shape index (κ3) is 2.56. The number of H-pyrrole nitrogens is 1. The zero-order valence-electron chi connectivity index (χ0n) is 13.2. The minimum absolute atomic E-state index is 0.689. The molecule has 6 heteroatoms. The highest BCUT2D eigenvalue weighted by Gasteiger charge is 2.18. The minimum atomic E-state index is 0.689. The summed E-state index contributed by atoms with van der Waals surface area (Å²) >= 11 is 6.23. The Kier molecular flexibility index (Phi) is 3.47. The molecule has 0 saturated carbocycles. The first-order chi connectivity index (χ1) is 11.1. The molecular weight excluding hydrogens is 310 g/mol. The number of halogens is 1. The molecule has 0 bridgehead atoms. The second kappa shape index (κ2) is 5.51. The predicted molar refractivity (Wildman–Crippen MR) is 91.0 cm³/mol. The van der Waals surface area contributed by atoms with E-state index in [-0.39, 0.29) is 0 Å². The first-order valence-electron chi connectivity index (χ1n) is 7.74. The Balaban J connectivity index is 1.89. The topological polar surface area (TPSA) is 58.5 Å². The van der Waals surface area contributed by atoms with E-state index in [1.54, 1.807) is 0 Å². The number of nitrogens with one attached hydrogen (secondary N) is 2. The van der Waals surface area contributed by atoms with E-state index in [4.69, 9.17) is 16.6 Å². The molecule has 0 unspecified atom stereocenters. The largest absolute Gasteiger partial charge is 0.340 e. The van der Waals surface area contributed by atoms with Gasteiger partial charge in [-0.3, -0.25) is 0 Å². The lowest BCUT2D eigenvalue weighted by molar-refractivity contribution is 0.627. The van der Waals surface area contributed by atoms with Crippen LogP contribution in [0.5, 0.6) is 0 Å². The Morgan fingerprint density at radius 3 is 2.83 bits per heavy atom. The fraction of sp³-hybridized carbons (Fsp3) is 0.294. The molecule has 118 valence electrons. The van der Waals surface area contributed by atoms with Crippen molar-refractivity contribution >= 4 is 11.6 Å². The van der Waals surface area contributed by atoms with Gasteiger partial charge >= 0.3 is 0 Å². The maximum absolute atomic E-state index is 6.23. The van der Waals surface area contributed by atoms with Crippen LogP contribution in [-0.2, 0) is 13.0 Å². The number of aryl methyl sites for hydroxylation is 2. The van der Waals surface area contributed by atoms with Gasteiger partial charge in [-0.2, -0.15) is 5.10 Å². The third-order valence-electron chi connectivity index (χ3n) is 4.16. The summed E-state index contributed by atoms with van der Waals surface area (Å²) in [5.41, 5.74) is 6.33. The van der Waals surface area contributed by atoms with Gasteiger partial charge in [-0.1, -0.05) is 11.6 Å². The zero-order chi connectivity index (χ0) is 16.0. The second-order valence-corrected chi connectivity index (χ2v) is 6.37. The Morgan fingerprint density at radius 1 is 1.22 bits per heavy atom. The monoisotopic (exact) mass is 327 g/mol. The van der Waals surface area contributed by atoms with Crippen LogP contribution in [0.4, 0.5) is 0 Å². The molecule has 0 aliphatic carbocycles. The fourth-order valence-electron chi connectivity index (χ4n) is 3.10. The molecule has 0 fully saturated rings. The van der Waals surface area contributed by atoms with Crippen LogP contribution >= 0.6 is 11.6 Å². The molecule has 23 heavy (non-hydrogen) atoms. The van der Waals surface area contributed by atoms with Gasteiger partial charge in [-0.15, -0.1) is 0 Å². The van der Waals surface area contributed by atoms with E-state index in [0.717, 1.165) is 53.7 Å². The number of aromatic amines is 1. The molecule has 4 rings (SSSR count). The zero-order valence-corrected chi connectivity index (χ0v) is 13.9. The number of aromatic nitrogens is 4. The van der Waals surface area contributed by atoms with Gasteiger partial charge < -0.3 is 10.3 Å². The van der Waals surface area contributed by atoms with Crippen molar-refractivity contribution in [3.05, 3.63) is 52.1 Å². The Morgan fingerprint density at radius 2 is 2.09 bits per heavy atom. The van der Waals surface area contributed by atoms with Crippen LogP contribution in [0.25, 0.3) is 17.1 Å². The summed E-state index contributed by atoms with van der Waals surface area (Å²) in [6.07, 6.45) is 0.953. The standard InChI is InChI=1S/C17H18ClN5/c1-10-7-11(2)23(22-10)16-8-12(18)3-4-13(16)17-20-14-5-6-19-9-15(14)21-17/h3-4,7-8,19H,5-6,9H2,1-2H3,(H,20,21). The lowest BCUT2D eigenvalue weighted by Crippen LogP contribution is -2.23. The average Bonchev–Trinajstić information content (AvgIpc) is 3.09. The molecule has 3 aromatic rings. The molecule has 1 aliphatic heterocycles. The number of nitrogens with zero attached hydrogens (tertiary/aromatic N) is 3. The highest BCUT2D eigenvalue weighted by molar-refractivity contribution is 6.30. The van der Waals surface area contributed by atoms with Crippen molar-refractivity contribution in [1.29, 1.82) is 0 Å². The SMILES string of the molecule is Cc1cc(C)n(-c2cc(Cl)ccc2-c2nc3c([nH]2)CNCC3)n1. The smallest absolute Gasteiger partial charge is 0.140 e. The van der Waals surface area contributed by atoms with Crippen LogP contribution in [0.2, 0.25) is 5.02 Å². The van der Waals surface area contributed by atoms with E-state index in [1.807, 2.05) is 36.7 Å². The summed E-state index contributed by atoms with van der Waals surface area (Å²) < 4.78 is 1.93. The number of hydrogen-bond donors (Lipinski definition) is 2. The maximum atomic E-state index is 6.23. The number of hydrogen-bond acceptors (Lipinski definition) is 3. The van der Waals surface area contributed by atoms with Crippen LogP contribution in [-0.4, -0.2) is 26.3 Å². The van der Waals surface area contributed by atoms with Crippen LogP contribution in [0, 0.1) is 13.8 Å². The van der Waals surface area contributed by atoms with Gasteiger partial charge in [0.2, 0.25) is 0 Å². The van der Waals surface area contributed by atoms with E-state index < -0.39 is 0 Å². The van der Waals surface area contributed by atoms with E-state index >= 15 is 0 Å². The van der Waals surface area contributed by atoms with Crippen LogP contribution < -0.4 is 5.32 Å². The van der Waals surface area contributed by atoms with Crippen LogP contribution in [0.15, 0.2) is 24.3 Å². The molecule has 3 heterocycles. The van der Waals surface area contributed by atoms with E-state index in [0.29, 0.717) is 5.02 Å². The quantitative estimate of drug-likeness (QED) is 0.760. The molecule has 0 spiro atoms. The molecule has 5 nitrogen and oxygen atoms in total. The van der Waals surface area contributed by atoms with Gasteiger partial charge in [-0.05, 0) is 38.1 Å². The Labute approximate surface area is 139 Å². The first-order valence-corrected chi connectivity index (χ1v) is 8.11. The molecule has 0 atom stereocenters. The van der Waals surface area contributed by atoms with Gasteiger partial charge in [-0.25, -0.2) is 9.67 Å². The van der Waals surface area contributed by atoms with Crippen molar-refractivity contribution in [3.63, 3.8) is 0 Å². The second-order valence-electron chi connectivity index (χ2n) is 5.94. The van der Waals surface area contributed by atoms with Crippen molar-refractivity contribution in [2.45, 2.75) is 26.8 Å². The van der Waals surface area contributed by atoms with Gasteiger partial charge in [0.25, 0.3) is 0 Å². The Bertz CT molecular complexity index is 854. The minimum Gasteiger partial charge on any atom is -0.340 e. The third-order valence-corrected chi connectivity index (χ3v) is 4.39. The summed E-state index contributed by atoms with van der Waals surface area (Å²) in [4.78, 5) is 8.24. The van der Waals surface area contributed by atoms with Crippen molar-refractivity contribution in [2.75, 3.05) is 6.54 Å². The number of rotatable bonds is 2. The van der Waals surface area contributed by atoms with Crippen molar-refractivity contribution < 1.29 is 0 Å². The van der Waals surface area contributed by atoms with Crippen LogP contribution in [0.3, 0.4) is 0 Å². The predicted octanol–water partition coefficient (Wildman–Crippen LogP) is 3.18. The molecule has 1 aromatic carbocycles. The Hall–Kier alpha value is -2.11. The molecule has 2 aromatic heterocycles. The van der Waals surface area contributed by atoms with Gasteiger partial charge in [0.05, 0.1) is 22.8 Å². The van der Waals surface area contributed by atoms with Crippen molar-refractivity contribution in [2.24, 2.45) is 0 Å². The van der Waals surface area contributed by atoms with E-state index in [9.17, 15) is 0 Å². The van der Waals surface area contributed by atoms with Gasteiger partial charge in [0.1, 0.15) is 5.82 Å². The normalized spacial score (nSPS) is 14.0.